The maximum absolute atomic E-state index is 12.0. The number of fused-ring (bicyclic) bond motifs is 1. The van der Waals surface area contributed by atoms with Gasteiger partial charge in [-0.2, -0.15) is 0 Å². The molecule has 1 amide bonds. The molecule has 3 N–H and O–H groups in total. The van der Waals surface area contributed by atoms with Gasteiger partial charge in [0, 0.05) is 35.6 Å². The second-order valence-corrected chi connectivity index (χ2v) is 5.71. The van der Waals surface area contributed by atoms with Crippen molar-refractivity contribution in [3.63, 3.8) is 0 Å². The molecule has 0 spiro atoms. The topological polar surface area (TPSA) is 82.7 Å². The summed E-state index contributed by atoms with van der Waals surface area (Å²) in [7, 11) is 0. The predicted octanol–water partition coefficient (Wildman–Crippen LogP) is 1.63. The Balaban J connectivity index is 1.62. The van der Waals surface area contributed by atoms with Crippen LogP contribution >= 0.6 is 0 Å². The van der Waals surface area contributed by atoms with Crippen molar-refractivity contribution < 1.29 is 4.79 Å². The molecule has 0 bridgehead atoms. The van der Waals surface area contributed by atoms with E-state index < -0.39 is 0 Å². The number of nitrogens with one attached hydrogen (secondary N) is 3. The summed E-state index contributed by atoms with van der Waals surface area (Å²) >= 11 is 0. The molecule has 2 aromatic heterocycles. The number of aromatic amines is 2. The molecule has 6 nitrogen and oxygen atoms in total. The van der Waals surface area contributed by atoms with Crippen LogP contribution in [-0.4, -0.2) is 27.2 Å². The first-order valence-corrected chi connectivity index (χ1v) is 7.64. The van der Waals surface area contributed by atoms with Crippen molar-refractivity contribution in [2.24, 2.45) is 0 Å². The van der Waals surface area contributed by atoms with Crippen molar-refractivity contribution >= 4 is 16.8 Å². The van der Waals surface area contributed by atoms with Gasteiger partial charge >= 0.3 is 0 Å². The monoisotopic (exact) mass is 312 g/mol. The van der Waals surface area contributed by atoms with Crippen molar-refractivity contribution in [2.75, 3.05) is 6.54 Å². The van der Waals surface area contributed by atoms with Crippen LogP contribution in [0.25, 0.3) is 10.9 Å². The Bertz CT molecular complexity index is 901. The van der Waals surface area contributed by atoms with E-state index in [1.54, 1.807) is 6.92 Å². The van der Waals surface area contributed by atoms with E-state index in [4.69, 9.17) is 0 Å². The van der Waals surface area contributed by atoms with Crippen molar-refractivity contribution in [1.29, 1.82) is 0 Å². The lowest BCUT2D eigenvalue weighted by Gasteiger charge is -2.09. The summed E-state index contributed by atoms with van der Waals surface area (Å²) in [5.74, 6) is -0.146. The number of hydrogen-bond acceptors (Lipinski definition) is 2. The summed E-state index contributed by atoms with van der Waals surface area (Å²) in [6.07, 6.45) is 0.0933. The van der Waals surface area contributed by atoms with Crippen LogP contribution in [0.2, 0.25) is 0 Å². The summed E-state index contributed by atoms with van der Waals surface area (Å²) < 4.78 is 2.18. The highest BCUT2D eigenvalue weighted by Gasteiger charge is 2.11. The first kappa shape index (κ1) is 15.1. The molecule has 1 aromatic carbocycles. The fourth-order valence-corrected chi connectivity index (χ4v) is 2.86. The van der Waals surface area contributed by atoms with E-state index in [-0.39, 0.29) is 17.9 Å². The molecule has 0 radical (unpaired) electrons. The molecule has 6 heteroatoms. The van der Waals surface area contributed by atoms with Gasteiger partial charge in [0.25, 0.3) is 5.56 Å². The average molecular weight is 312 g/mol. The van der Waals surface area contributed by atoms with Gasteiger partial charge in [-0.1, -0.05) is 18.2 Å². The van der Waals surface area contributed by atoms with E-state index in [1.807, 2.05) is 12.1 Å². The smallest absolute Gasteiger partial charge is 0.267 e. The van der Waals surface area contributed by atoms with Gasteiger partial charge in [0.15, 0.2) is 0 Å². The molecule has 3 rings (SSSR count). The first-order valence-electron chi connectivity index (χ1n) is 7.64. The predicted molar refractivity (Wildman–Crippen MR) is 89.5 cm³/mol. The van der Waals surface area contributed by atoms with Crippen molar-refractivity contribution in [3.8, 4) is 0 Å². The number of nitrogens with zero attached hydrogens (tertiary/aromatic N) is 1. The highest BCUT2D eigenvalue weighted by Crippen LogP contribution is 2.18. The number of benzene rings is 1. The summed E-state index contributed by atoms with van der Waals surface area (Å²) in [4.78, 5) is 23.6. The molecule has 0 aliphatic carbocycles. The summed E-state index contributed by atoms with van der Waals surface area (Å²) in [6, 6.07) is 10.3. The van der Waals surface area contributed by atoms with Crippen molar-refractivity contribution in [2.45, 2.75) is 26.8 Å². The Morgan fingerprint density at radius 3 is 2.74 bits per heavy atom. The standard InChI is InChI=1S/C17H20N4O2/c1-11-9-13-5-3-4-6-15(13)21(11)8-7-18-16(22)10-14-12(2)19-20-17(14)23/h3-6,9H,7-8,10H2,1-2H3,(H,18,22)(H2,19,20,23). The lowest BCUT2D eigenvalue weighted by Crippen LogP contribution is -2.30. The van der Waals surface area contributed by atoms with Gasteiger partial charge in [0.2, 0.25) is 5.91 Å². The van der Waals surface area contributed by atoms with Crippen LogP contribution in [0.5, 0.6) is 0 Å². The number of rotatable bonds is 5. The first-order chi connectivity index (χ1) is 11.1. The number of para-hydroxylation sites is 1. The zero-order valence-electron chi connectivity index (χ0n) is 13.3. The number of carbonyl (C=O) groups is 1. The van der Waals surface area contributed by atoms with Crippen molar-refractivity contribution in [1.82, 2.24) is 20.1 Å². The second kappa shape index (κ2) is 6.16. The van der Waals surface area contributed by atoms with Gasteiger partial charge in [-0.05, 0) is 31.4 Å². The largest absolute Gasteiger partial charge is 0.354 e. The number of aryl methyl sites for hydroxylation is 2. The molecule has 0 atom stereocenters. The van der Waals surface area contributed by atoms with Gasteiger partial charge in [-0.15, -0.1) is 0 Å². The van der Waals surface area contributed by atoms with Gasteiger partial charge in [-0.3, -0.25) is 14.7 Å². The zero-order chi connectivity index (χ0) is 16.4. The average Bonchev–Trinajstić information content (AvgIpc) is 3.01. The molecule has 0 aliphatic heterocycles. The molecule has 0 saturated carbocycles. The maximum atomic E-state index is 12.0. The fraction of sp³-hybridized carbons (Fsp3) is 0.294. The van der Waals surface area contributed by atoms with E-state index in [0.717, 1.165) is 5.52 Å². The number of amides is 1. The normalized spacial score (nSPS) is 11.0. The van der Waals surface area contributed by atoms with E-state index in [1.165, 1.54) is 11.1 Å². The van der Waals surface area contributed by atoms with Crippen LogP contribution in [0.15, 0.2) is 35.1 Å². The number of hydrogen-bond donors (Lipinski definition) is 3. The van der Waals surface area contributed by atoms with E-state index in [2.05, 4.69) is 45.2 Å². The maximum Gasteiger partial charge on any atom is 0.267 e. The summed E-state index contributed by atoms with van der Waals surface area (Å²) in [6.45, 7) is 5.06. The molecule has 0 saturated heterocycles. The Morgan fingerprint density at radius 2 is 2.00 bits per heavy atom. The van der Waals surface area contributed by atoms with E-state index in [9.17, 15) is 9.59 Å². The summed E-state index contributed by atoms with van der Waals surface area (Å²) in [5.41, 5.74) is 3.29. The third-order valence-electron chi connectivity index (χ3n) is 4.10. The second-order valence-electron chi connectivity index (χ2n) is 5.71. The van der Waals surface area contributed by atoms with Crippen LogP contribution in [0.3, 0.4) is 0 Å². The molecule has 3 aromatic rings. The van der Waals surface area contributed by atoms with Gasteiger partial charge in [0.1, 0.15) is 0 Å². The third-order valence-corrected chi connectivity index (χ3v) is 4.10. The third kappa shape index (κ3) is 3.06. The number of aromatic nitrogens is 3. The SMILES string of the molecule is Cc1[nH][nH]c(=O)c1CC(=O)NCCn1c(C)cc2ccccc21. The lowest BCUT2D eigenvalue weighted by atomic mass is 10.2. The zero-order valence-corrected chi connectivity index (χ0v) is 13.3. The van der Waals surface area contributed by atoms with Crippen LogP contribution in [-0.2, 0) is 17.8 Å². The van der Waals surface area contributed by atoms with Crippen LogP contribution in [0.1, 0.15) is 17.0 Å². The summed E-state index contributed by atoms with van der Waals surface area (Å²) in [5, 5.41) is 9.29. The highest BCUT2D eigenvalue weighted by atomic mass is 16.2. The minimum Gasteiger partial charge on any atom is -0.354 e. The molecular formula is C17H20N4O2. The number of H-pyrrole nitrogens is 2. The molecule has 0 fully saturated rings. The molecule has 120 valence electrons. The molecular weight excluding hydrogens is 292 g/mol. The minimum atomic E-state index is -0.232. The molecule has 2 heterocycles. The van der Waals surface area contributed by atoms with E-state index >= 15 is 0 Å². The lowest BCUT2D eigenvalue weighted by molar-refractivity contribution is -0.120. The Kier molecular flexibility index (Phi) is 4.06. The Hall–Kier alpha value is -2.76. The minimum absolute atomic E-state index is 0.0933. The molecule has 0 aliphatic rings. The number of carbonyl (C=O) groups excluding carboxylic acids is 1. The fourth-order valence-electron chi connectivity index (χ4n) is 2.86. The molecule has 23 heavy (non-hydrogen) atoms. The highest BCUT2D eigenvalue weighted by molar-refractivity contribution is 5.81. The van der Waals surface area contributed by atoms with Crippen LogP contribution in [0, 0.1) is 13.8 Å². The Morgan fingerprint density at radius 1 is 1.22 bits per heavy atom. The molecule has 0 unspecified atom stereocenters. The quantitative estimate of drug-likeness (QED) is 0.669. The van der Waals surface area contributed by atoms with Crippen LogP contribution < -0.4 is 10.9 Å². The van der Waals surface area contributed by atoms with Crippen LogP contribution in [0.4, 0.5) is 0 Å². The Labute approximate surface area is 133 Å². The van der Waals surface area contributed by atoms with Gasteiger partial charge < -0.3 is 15.0 Å². The van der Waals surface area contributed by atoms with Crippen molar-refractivity contribution in [3.05, 3.63) is 57.6 Å². The van der Waals surface area contributed by atoms with Gasteiger partial charge in [-0.25, -0.2) is 0 Å². The van der Waals surface area contributed by atoms with E-state index in [0.29, 0.717) is 24.3 Å². The van der Waals surface area contributed by atoms with Gasteiger partial charge in [0.05, 0.1) is 6.42 Å².